The number of hydrogen-bond donors (Lipinski definition) is 2. The summed E-state index contributed by atoms with van der Waals surface area (Å²) in [7, 11) is 0. The van der Waals surface area contributed by atoms with Crippen molar-refractivity contribution in [3.05, 3.63) is 51.8 Å². The first-order valence-corrected chi connectivity index (χ1v) is 4.26. The second kappa shape index (κ2) is 16.3. The van der Waals surface area contributed by atoms with Crippen LogP contribution in [0.25, 0.3) is 0 Å². The van der Waals surface area contributed by atoms with Crippen LogP contribution in [0.2, 0.25) is 0 Å². The monoisotopic (exact) mass is 369 g/mol. The Morgan fingerprint density at radius 1 is 1.00 bits per heavy atom. The van der Waals surface area contributed by atoms with Gasteiger partial charge in [0.1, 0.15) is 11.6 Å². The van der Waals surface area contributed by atoms with Crippen LogP contribution in [0.15, 0.2) is 24.8 Å². The van der Waals surface area contributed by atoms with E-state index in [0.717, 1.165) is 11.6 Å². The standard InChI is InChI=1S/2C4H6N2.Ag.NO3.2H2O/c2*1-4-5-2-3-6-4;;2-1(3)4;;/h2*2-3H,1H3,(H,5,6);;;2*1H2/q;;+1;-1;;. The molecule has 0 amide bonds. The van der Waals surface area contributed by atoms with Crippen LogP contribution in [-0.2, 0) is 22.4 Å². The molecule has 0 radical (unpaired) electrons. The second-order valence-electron chi connectivity index (χ2n) is 2.57. The molecule has 0 aliphatic heterocycles. The Kier molecular flexibility index (Phi) is 22.3. The van der Waals surface area contributed by atoms with Crippen LogP contribution >= 0.6 is 0 Å². The molecule has 0 unspecified atom stereocenters. The molecule has 0 aliphatic carbocycles. The summed E-state index contributed by atoms with van der Waals surface area (Å²) >= 11 is 0. The summed E-state index contributed by atoms with van der Waals surface area (Å²) in [6.07, 6.45) is 7.06. The van der Waals surface area contributed by atoms with Crippen LogP contribution in [-0.4, -0.2) is 36.0 Å². The van der Waals surface area contributed by atoms with Crippen LogP contribution in [0, 0.1) is 29.2 Å². The number of aromatic amines is 2. The second-order valence-corrected chi connectivity index (χ2v) is 2.57. The van der Waals surface area contributed by atoms with Crippen molar-refractivity contribution in [2.45, 2.75) is 13.8 Å². The Balaban J connectivity index is -0.0000000842. The molecule has 2 aromatic heterocycles. The summed E-state index contributed by atoms with van der Waals surface area (Å²) in [6.45, 7) is 3.83. The Labute approximate surface area is 124 Å². The van der Waals surface area contributed by atoms with Gasteiger partial charge < -0.3 is 36.2 Å². The fourth-order valence-electron chi connectivity index (χ4n) is 0.688. The summed E-state index contributed by atoms with van der Waals surface area (Å²) in [6, 6.07) is 0. The molecular weight excluding hydrogens is 354 g/mol. The molecule has 2 aromatic rings. The van der Waals surface area contributed by atoms with Gasteiger partial charge in [-0.05, 0) is 13.8 Å². The zero-order valence-corrected chi connectivity index (χ0v) is 11.7. The van der Waals surface area contributed by atoms with Gasteiger partial charge in [-0.15, -0.1) is 0 Å². The van der Waals surface area contributed by atoms with E-state index in [1.165, 1.54) is 0 Å². The molecular formula is C8H16AgN5O5. The molecule has 0 atom stereocenters. The number of rotatable bonds is 0. The number of aromatic nitrogens is 4. The first kappa shape index (κ1) is 26.0. The van der Waals surface area contributed by atoms with Gasteiger partial charge in [-0.1, -0.05) is 0 Å². The minimum atomic E-state index is -1.75. The summed E-state index contributed by atoms with van der Waals surface area (Å²) < 4.78 is 0. The number of H-pyrrole nitrogens is 2. The van der Waals surface area contributed by atoms with Crippen molar-refractivity contribution in [2.75, 3.05) is 0 Å². The normalized spacial score (nSPS) is 6.84. The van der Waals surface area contributed by atoms with E-state index in [1.54, 1.807) is 24.8 Å². The quantitative estimate of drug-likeness (QED) is 0.360. The third kappa shape index (κ3) is 22.0. The Bertz CT molecular complexity index is 344. The maximum Gasteiger partial charge on any atom is 1.00 e. The van der Waals surface area contributed by atoms with Gasteiger partial charge in [0, 0.05) is 24.8 Å². The van der Waals surface area contributed by atoms with Crippen LogP contribution in [0.1, 0.15) is 11.6 Å². The van der Waals surface area contributed by atoms with E-state index < -0.39 is 5.09 Å². The molecule has 0 bridgehead atoms. The van der Waals surface area contributed by atoms with Crippen LogP contribution in [0.4, 0.5) is 0 Å². The first-order chi connectivity index (χ1) is 7.52. The average Bonchev–Trinajstić information content (AvgIpc) is 2.78. The molecule has 2 rings (SSSR count). The summed E-state index contributed by atoms with van der Waals surface area (Å²) in [5.41, 5.74) is 0. The molecule has 0 saturated heterocycles. The minimum Gasteiger partial charge on any atom is -0.412 e. The number of aryl methyl sites for hydroxylation is 2. The van der Waals surface area contributed by atoms with Crippen molar-refractivity contribution in [2.24, 2.45) is 0 Å². The molecule has 0 aromatic carbocycles. The van der Waals surface area contributed by atoms with Crippen molar-refractivity contribution >= 4 is 0 Å². The van der Waals surface area contributed by atoms with Gasteiger partial charge >= 0.3 is 22.4 Å². The van der Waals surface area contributed by atoms with Crippen LogP contribution < -0.4 is 0 Å². The smallest absolute Gasteiger partial charge is 0.412 e. The van der Waals surface area contributed by atoms with E-state index in [-0.39, 0.29) is 33.3 Å². The van der Waals surface area contributed by atoms with Crippen LogP contribution in [0.3, 0.4) is 0 Å². The molecule has 0 fully saturated rings. The van der Waals surface area contributed by atoms with Crippen molar-refractivity contribution < 1.29 is 38.4 Å². The molecule has 0 saturated carbocycles. The van der Waals surface area contributed by atoms with Crippen molar-refractivity contribution in [1.29, 1.82) is 0 Å². The molecule has 19 heavy (non-hydrogen) atoms. The topological polar surface area (TPSA) is 187 Å². The SMILES string of the molecule is Cc1ncc[nH]1.Cc1ncc[nH]1.O.O.O=[N+]([O-])[O-].[Ag+]. The molecule has 114 valence electrons. The zero-order valence-electron chi connectivity index (χ0n) is 10.2. The Morgan fingerprint density at radius 2 is 1.26 bits per heavy atom. The van der Waals surface area contributed by atoms with E-state index in [0.29, 0.717) is 0 Å². The third-order valence-electron chi connectivity index (χ3n) is 1.27. The predicted octanol–water partition coefficient (Wildman–Crippen LogP) is -0.455. The van der Waals surface area contributed by atoms with Gasteiger partial charge in [0.25, 0.3) is 0 Å². The maximum absolute atomic E-state index is 8.25. The van der Waals surface area contributed by atoms with Gasteiger partial charge in [0.15, 0.2) is 0 Å². The Hall–Kier alpha value is -1.72. The van der Waals surface area contributed by atoms with Crippen LogP contribution in [0.5, 0.6) is 0 Å². The van der Waals surface area contributed by atoms with Crippen molar-refractivity contribution in [1.82, 2.24) is 19.9 Å². The molecule has 2 heterocycles. The number of nitrogens with zero attached hydrogens (tertiary/aromatic N) is 3. The van der Waals surface area contributed by atoms with E-state index in [9.17, 15) is 0 Å². The van der Waals surface area contributed by atoms with Gasteiger partial charge in [-0.2, -0.15) is 0 Å². The van der Waals surface area contributed by atoms with Gasteiger partial charge in [0.2, 0.25) is 0 Å². The summed E-state index contributed by atoms with van der Waals surface area (Å²) in [5.74, 6) is 1.94. The Morgan fingerprint density at radius 3 is 1.32 bits per heavy atom. The molecule has 6 N–H and O–H groups in total. The van der Waals surface area contributed by atoms with E-state index in [4.69, 9.17) is 15.3 Å². The maximum atomic E-state index is 8.25. The minimum absolute atomic E-state index is 0. The van der Waals surface area contributed by atoms with Gasteiger partial charge in [0.05, 0.1) is 5.09 Å². The van der Waals surface area contributed by atoms with E-state index in [2.05, 4.69) is 19.9 Å². The third-order valence-corrected chi connectivity index (χ3v) is 1.27. The molecule has 0 spiro atoms. The van der Waals surface area contributed by atoms with Gasteiger partial charge in [-0.3, -0.25) is 0 Å². The number of imidazole rings is 2. The fourth-order valence-corrected chi connectivity index (χ4v) is 0.688. The van der Waals surface area contributed by atoms with Crippen molar-refractivity contribution in [3.63, 3.8) is 0 Å². The zero-order chi connectivity index (χ0) is 12.4. The summed E-state index contributed by atoms with van der Waals surface area (Å²) in [4.78, 5) is 21.8. The summed E-state index contributed by atoms with van der Waals surface area (Å²) in [5, 5.41) is 14.8. The van der Waals surface area contributed by atoms with E-state index >= 15 is 0 Å². The first-order valence-electron chi connectivity index (χ1n) is 4.26. The van der Waals surface area contributed by atoms with Crippen molar-refractivity contribution in [3.8, 4) is 0 Å². The fraction of sp³-hybridized carbons (Fsp3) is 0.250. The molecule has 11 heteroatoms. The largest absolute Gasteiger partial charge is 1.00 e. The average molecular weight is 370 g/mol. The van der Waals surface area contributed by atoms with Gasteiger partial charge in [-0.25, -0.2) is 9.97 Å². The molecule has 10 nitrogen and oxygen atoms in total. The molecule has 0 aliphatic rings. The van der Waals surface area contributed by atoms with E-state index in [1.807, 2.05) is 13.8 Å². The number of hydrogen-bond acceptors (Lipinski definition) is 5. The number of nitrogens with one attached hydrogen (secondary N) is 2. The predicted molar refractivity (Wildman–Crippen MR) is 64.2 cm³/mol.